The van der Waals surface area contributed by atoms with Gasteiger partial charge < -0.3 is 0 Å². The van der Waals surface area contributed by atoms with Crippen molar-refractivity contribution in [2.24, 2.45) is 0 Å². The highest BCUT2D eigenvalue weighted by atomic mass is 32.2. The number of hydrogen-bond donors (Lipinski definition) is 0. The van der Waals surface area contributed by atoms with Gasteiger partial charge in [0.15, 0.2) is 10.9 Å². The Balaban J connectivity index is 1.56. The number of hydrogen-bond acceptors (Lipinski definition) is 6. The van der Waals surface area contributed by atoms with E-state index >= 15 is 0 Å². The van der Waals surface area contributed by atoms with E-state index < -0.39 is 0 Å². The summed E-state index contributed by atoms with van der Waals surface area (Å²) >= 11 is 3.03. The summed E-state index contributed by atoms with van der Waals surface area (Å²) in [5.41, 5.74) is 2.56. The number of carbonyl (C=O) groups excluding carboxylic acids is 1. The van der Waals surface area contributed by atoms with E-state index in [0.29, 0.717) is 22.4 Å². The third-order valence-corrected chi connectivity index (χ3v) is 8.60. The number of nitrogens with zero attached hydrogens (tertiary/aromatic N) is 4. The van der Waals surface area contributed by atoms with Crippen LogP contribution in [0.15, 0.2) is 70.6 Å². The average Bonchev–Trinajstić information content (AvgIpc) is 3.46. The van der Waals surface area contributed by atoms with Crippen LogP contribution in [0, 0.1) is 0 Å². The largest absolute Gasteiger partial charge is 0.293 e. The highest BCUT2D eigenvalue weighted by Gasteiger charge is 2.28. The van der Waals surface area contributed by atoms with Gasteiger partial charge in [-0.1, -0.05) is 67.2 Å². The third-order valence-electron chi connectivity index (χ3n) is 6.42. The molecule has 1 atom stereocenters. The van der Waals surface area contributed by atoms with Gasteiger partial charge in [-0.15, -0.1) is 21.5 Å². The third kappa shape index (κ3) is 3.40. The molecule has 0 fully saturated rings. The molecule has 0 N–H and O–H groups in total. The summed E-state index contributed by atoms with van der Waals surface area (Å²) in [6.07, 6.45) is 3.20. The van der Waals surface area contributed by atoms with E-state index in [9.17, 15) is 9.59 Å². The lowest BCUT2D eigenvalue weighted by atomic mass is 9.88. The van der Waals surface area contributed by atoms with Crippen molar-refractivity contribution in [2.45, 2.75) is 37.3 Å². The zero-order chi connectivity index (χ0) is 23.2. The highest BCUT2D eigenvalue weighted by Crippen LogP contribution is 2.41. The first-order valence-corrected chi connectivity index (χ1v) is 13.2. The van der Waals surface area contributed by atoms with Crippen molar-refractivity contribution in [1.29, 1.82) is 0 Å². The van der Waals surface area contributed by atoms with E-state index in [1.165, 1.54) is 22.2 Å². The van der Waals surface area contributed by atoms with E-state index in [2.05, 4.69) is 17.1 Å². The second-order valence-corrected chi connectivity index (χ2v) is 10.6. The standard InChI is InChI=1S/C26H22N4O2S2/c1-16-9-8-14-20-21(16)22-23(32)29(18-12-6-3-7-13-18)25-27-28-26(30(25)24(22)34-20)33-15-19(31)17-10-4-2-5-11-17/h2-7,10-13,16H,8-9,14-15H2,1H3. The van der Waals surface area contributed by atoms with Crippen molar-refractivity contribution in [3.8, 4) is 5.69 Å². The number of Topliss-reactive ketones (excluding diaryl/α,β-unsaturated/α-hetero) is 1. The van der Waals surface area contributed by atoms with Crippen molar-refractivity contribution in [2.75, 3.05) is 5.75 Å². The average molecular weight is 487 g/mol. The van der Waals surface area contributed by atoms with Crippen LogP contribution in [0.4, 0.5) is 0 Å². The molecule has 1 unspecified atom stereocenters. The van der Waals surface area contributed by atoms with Gasteiger partial charge in [0.05, 0.1) is 16.8 Å². The summed E-state index contributed by atoms with van der Waals surface area (Å²) in [4.78, 5) is 28.8. The van der Waals surface area contributed by atoms with Crippen LogP contribution in [0.2, 0.25) is 0 Å². The lowest BCUT2D eigenvalue weighted by Crippen LogP contribution is -2.22. The fourth-order valence-electron chi connectivity index (χ4n) is 4.79. The maximum Gasteiger partial charge on any atom is 0.268 e. The summed E-state index contributed by atoms with van der Waals surface area (Å²) in [5, 5.41) is 10.3. The predicted molar refractivity (Wildman–Crippen MR) is 137 cm³/mol. The van der Waals surface area contributed by atoms with E-state index in [-0.39, 0.29) is 17.1 Å². The lowest BCUT2D eigenvalue weighted by molar-refractivity contribution is 0.102. The Morgan fingerprint density at radius 1 is 1.09 bits per heavy atom. The zero-order valence-electron chi connectivity index (χ0n) is 18.6. The van der Waals surface area contributed by atoms with Crippen LogP contribution in [0.1, 0.15) is 46.5 Å². The van der Waals surface area contributed by atoms with E-state index in [4.69, 9.17) is 0 Å². The lowest BCUT2D eigenvalue weighted by Gasteiger charge is -2.18. The molecule has 6 rings (SSSR count). The summed E-state index contributed by atoms with van der Waals surface area (Å²) in [7, 11) is 0. The van der Waals surface area contributed by atoms with Gasteiger partial charge in [0, 0.05) is 10.4 Å². The van der Waals surface area contributed by atoms with E-state index in [1.54, 1.807) is 15.9 Å². The van der Waals surface area contributed by atoms with Gasteiger partial charge in [0.2, 0.25) is 5.78 Å². The second-order valence-electron chi connectivity index (χ2n) is 8.58. The first-order valence-electron chi connectivity index (χ1n) is 11.4. The Kier molecular flexibility index (Phi) is 5.34. The molecule has 0 radical (unpaired) electrons. The van der Waals surface area contributed by atoms with Gasteiger partial charge in [0.25, 0.3) is 5.56 Å². The number of fused-ring (bicyclic) bond motifs is 5. The second kappa shape index (κ2) is 8.52. The van der Waals surface area contributed by atoms with Crippen molar-refractivity contribution >= 4 is 44.9 Å². The number of rotatable bonds is 5. The molecule has 2 aromatic carbocycles. The van der Waals surface area contributed by atoms with Crippen LogP contribution >= 0.6 is 23.1 Å². The number of carbonyl (C=O) groups is 1. The summed E-state index contributed by atoms with van der Waals surface area (Å²) in [6, 6.07) is 18.9. The van der Waals surface area contributed by atoms with Crippen LogP contribution in [0.5, 0.6) is 0 Å². The molecular weight excluding hydrogens is 464 g/mol. The molecule has 0 aliphatic heterocycles. The monoisotopic (exact) mass is 486 g/mol. The Morgan fingerprint density at radius 2 is 1.82 bits per heavy atom. The Hall–Kier alpha value is -3.23. The maximum atomic E-state index is 13.9. The molecule has 0 spiro atoms. The quantitative estimate of drug-likeness (QED) is 0.242. The minimum absolute atomic E-state index is 0.0362. The van der Waals surface area contributed by atoms with Crippen molar-refractivity contribution in [3.63, 3.8) is 0 Å². The molecule has 6 nitrogen and oxygen atoms in total. The van der Waals surface area contributed by atoms with Gasteiger partial charge in [-0.3, -0.25) is 9.59 Å². The molecule has 0 amide bonds. The number of benzene rings is 2. The molecule has 5 aromatic rings. The number of aromatic nitrogens is 4. The Bertz CT molecular complexity index is 1590. The molecule has 8 heteroatoms. The first-order chi connectivity index (χ1) is 16.6. The van der Waals surface area contributed by atoms with E-state index in [0.717, 1.165) is 35.2 Å². The van der Waals surface area contributed by atoms with Crippen molar-refractivity contribution < 1.29 is 4.79 Å². The summed E-state index contributed by atoms with van der Waals surface area (Å²) < 4.78 is 3.63. The molecular formula is C26H22N4O2S2. The SMILES string of the molecule is CC1CCCc2sc3c(c21)c(=O)n(-c1ccccc1)c1nnc(SCC(=O)c2ccccc2)n31. The van der Waals surface area contributed by atoms with Gasteiger partial charge in [-0.25, -0.2) is 8.97 Å². The summed E-state index contributed by atoms with van der Waals surface area (Å²) in [5.74, 6) is 1.09. The number of thioether (sulfide) groups is 1. The molecule has 3 heterocycles. The maximum absolute atomic E-state index is 13.9. The summed E-state index contributed by atoms with van der Waals surface area (Å²) in [6.45, 7) is 2.21. The molecule has 3 aromatic heterocycles. The first kappa shape index (κ1) is 21.3. The van der Waals surface area contributed by atoms with Crippen LogP contribution in [-0.4, -0.2) is 30.7 Å². The minimum Gasteiger partial charge on any atom is -0.293 e. The highest BCUT2D eigenvalue weighted by molar-refractivity contribution is 7.99. The fourth-order valence-corrected chi connectivity index (χ4v) is 7.13. The van der Waals surface area contributed by atoms with Crippen LogP contribution in [0.25, 0.3) is 21.7 Å². The number of aryl methyl sites for hydroxylation is 1. The van der Waals surface area contributed by atoms with E-state index in [1.807, 2.05) is 65.1 Å². The van der Waals surface area contributed by atoms with Crippen LogP contribution < -0.4 is 5.56 Å². The Morgan fingerprint density at radius 3 is 2.59 bits per heavy atom. The molecule has 0 saturated heterocycles. The molecule has 0 saturated carbocycles. The minimum atomic E-state index is -0.0516. The van der Waals surface area contributed by atoms with Gasteiger partial charge in [0.1, 0.15) is 4.83 Å². The smallest absolute Gasteiger partial charge is 0.268 e. The van der Waals surface area contributed by atoms with Gasteiger partial charge >= 0.3 is 0 Å². The number of para-hydroxylation sites is 1. The Labute approximate surface area is 204 Å². The molecule has 1 aliphatic rings. The predicted octanol–water partition coefficient (Wildman–Crippen LogP) is 5.51. The topological polar surface area (TPSA) is 69.3 Å². The normalized spacial score (nSPS) is 15.6. The van der Waals surface area contributed by atoms with Crippen molar-refractivity contribution in [1.82, 2.24) is 19.2 Å². The molecule has 0 bridgehead atoms. The van der Waals surface area contributed by atoms with Crippen LogP contribution in [-0.2, 0) is 6.42 Å². The fraction of sp³-hybridized carbons (Fsp3) is 0.231. The molecule has 34 heavy (non-hydrogen) atoms. The molecule has 1 aliphatic carbocycles. The van der Waals surface area contributed by atoms with Crippen LogP contribution in [0.3, 0.4) is 0 Å². The zero-order valence-corrected chi connectivity index (χ0v) is 20.2. The number of ketones is 1. The van der Waals surface area contributed by atoms with Gasteiger partial charge in [-0.05, 0) is 42.9 Å². The molecule has 170 valence electrons. The van der Waals surface area contributed by atoms with Crippen molar-refractivity contribution in [3.05, 3.63) is 87.0 Å². The van der Waals surface area contributed by atoms with Gasteiger partial charge in [-0.2, -0.15) is 0 Å². The number of thiophene rings is 1.